The first kappa shape index (κ1) is 44.3. The number of nitrogens with zero attached hydrogens (tertiary/aromatic N) is 2. The maximum Gasteiger partial charge on any atom is 0.243 e. The van der Waals surface area contributed by atoms with Crippen LogP contribution in [0.1, 0.15) is 92.1 Å². The van der Waals surface area contributed by atoms with Gasteiger partial charge in [-0.15, -0.1) is 0 Å². The number of nitrogens with two attached hydrogens (primary N) is 1. The molecule has 1 rings (SSSR count). The molecule has 0 spiro atoms. The standard InChI is InChI=1S/C30H49N7O5.2C2H6/c1-21(38)16-17-27(40)35-25(15-11-19-34-30(31)37(4)5)29(42)36-26(20-23-12-7-6-8-13-23)28(41)33-18-10-9-14-24(32-3)22(2)39;2*1-2/h6-8,12-13,24-26,32H,9-11,14-20H2,1-5H3,(H2,31,34)(H,33,41)(H,35,40)(H,36,42);2*1-2H3. The number of hydrogen-bond donors (Lipinski definition) is 5. The number of nitrogens with one attached hydrogen (secondary N) is 4. The van der Waals surface area contributed by atoms with Crippen molar-refractivity contribution in [2.24, 2.45) is 10.7 Å². The number of aliphatic imine (C=N–C) groups is 1. The largest absolute Gasteiger partial charge is 0.370 e. The molecule has 6 N–H and O–H groups in total. The third-order valence-corrected chi connectivity index (χ3v) is 6.71. The van der Waals surface area contributed by atoms with E-state index in [9.17, 15) is 24.0 Å². The molecule has 0 aromatic heterocycles. The zero-order valence-electron chi connectivity index (χ0n) is 29.7. The van der Waals surface area contributed by atoms with E-state index in [0.29, 0.717) is 38.3 Å². The number of unbranched alkanes of at least 4 members (excludes halogenated alkanes) is 1. The first-order chi connectivity index (χ1) is 21.9. The smallest absolute Gasteiger partial charge is 0.243 e. The Bertz CT molecular complexity index is 1050. The van der Waals surface area contributed by atoms with Crippen LogP contribution in [0.5, 0.6) is 0 Å². The van der Waals surface area contributed by atoms with Crippen LogP contribution in [-0.4, -0.2) is 92.5 Å². The fourth-order valence-corrected chi connectivity index (χ4v) is 4.15. The van der Waals surface area contributed by atoms with Gasteiger partial charge in [0.1, 0.15) is 23.7 Å². The van der Waals surface area contributed by atoms with Crippen molar-refractivity contribution in [3.8, 4) is 0 Å². The molecule has 0 radical (unpaired) electrons. The number of carbonyl (C=O) groups excluding carboxylic acids is 5. The van der Waals surface area contributed by atoms with Crippen molar-refractivity contribution >= 4 is 35.2 Å². The molecule has 0 bridgehead atoms. The van der Waals surface area contributed by atoms with Crippen LogP contribution in [0, 0.1) is 0 Å². The van der Waals surface area contributed by atoms with Crippen LogP contribution >= 0.6 is 0 Å². The summed E-state index contributed by atoms with van der Waals surface area (Å²) in [5.74, 6) is -0.954. The van der Waals surface area contributed by atoms with Gasteiger partial charge in [-0.25, -0.2) is 0 Å². The lowest BCUT2D eigenvalue weighted by Crippen LogP contribution is -2.54. The Morgan fingerprint density at radius 1 is 0.804 bits per heavy atom. The molecular formula is C34H61N7O5. The normalized spacial score (nSPS) is 12.5. The quantitative estimate of drug-likeness (QED) is 0.0816. The second kappa shape index (κ2) is 27.5. The van der Waals surface area contributed by atoms with Crippen molar-refractivity contribution in [2.75, 3.05) is 34.2 Å². The van der Waals surface area contributed by atoms with Crippen LogP contribution in [0.4, 0.5) is 0 Å². The van der Waals surface area contributed by atoms with E-state index in [0.717, 1.165) is 12.0 Å². The third kappa shape index (κ3) is 21.0. The summed E-state index contributed by atoms with van der Waals surface area (Å²) in [6.07, 6.45) is 3.12. The second-order valence-electron chi connectivity index (χ2n) is 10.6. The third-order valence-electron chi connectivity index (χ3n) is 6.71. The van der Waals surface area contributed by atoms with Crippen LogP contribution in [0.3, 0.4) is 0 Å². The number of guanidine groups is 1. The van der Waals surface area contributed by atoms with Gasteiger partial charge in [-0.05, 0) is 58.6 Å². The zero-order valence-corrected chi connectivity index (χ0v) is 29.7. The van der Waals surface area contributed by atoms with Gasteiger partial charge in [0.25, 0.3) is 0 Å². The highest BCUT2D eigenvalue weighted by molar-refractivity contribution is 5.93. The van der Waals surface area contributed by atoms with Gasteiger partial charge in [-0.3, -0.25) is 24.2 Å². The molecule has 1 aromatic carbocycles. The van der Waals surface area contributed by atoms with Gasteiger partial charge in [-0.2, -0.15) is 0 Å². The molecule has 0 aliphatic heterocycles. The zero-order chi connectivity index (χ0) is 35.5. The Balaban J connectivity index is 0. The summed E-state index contributed by atoms with van der Waals surface area (Å²) in [4.78, 5) is 68.0. The maximum atomic E-state index is 13.4. The Labute approximate surface area is 277 Å². The molecule has 3 unspecified atom stereocenters. The number of hydrogen-bond acceptors (Lipinski definition) is 7. The molecule has 12 heteroatoms. The van der Waals surface area contributed by atoms with E-state index < -0.39 is 23.9 Å². The molecule has 3 amide bonds. The molecular weight excluding hydrogens is 586 g/mol. The number of likely N-dealkylation sites (N-methyl/N-ethyl adjacent to an activating group) is 1. The highest BCUT2D eigenvalue weighted by Gasteiger charge is 2.27. The molecule has 262 valence electrons. The number of Topliss-reactive ketones (excluding diaryl/α,β-unsaturated/α-hetero) is 2. The lowest BCUT2D eigenvalue weighted by Gasteiger charge is -2.23. The van der Waals surface area contributed by atoms with E-state index in [4.69, 9.17) is 5.73 Å². The maximum absolute atomic E-state index is 13.4. The minimum Gasteiger partial charge on any atom is -0.370 e. The van der Waals surface area contributed by atoms with E-state index in [1.165, 1.54) is 6.92 Å². The van der Waals surface area contributed by atoms with Crippen molar-refractivity contribution in [3.05, 3.63) is 35.9 Å². The lowest BCUT2D eigenvalue weighted by molar-refractivity contribution is -0.132. The van der Waals surface area contributed by atoms with E-state index in [2.05, 4.69) is 26.3 Å². The monoisotopic (exact) mass is 647 g/mol. The molecule has 1 aromatic rings. The topological polar surface area (TPSA) is 175 Å². The van der Waals surface area contributed by atoms with Crippen LogP contribution in [0.25, 0.3) is 0 Å². The summed E-state index contributed by atoms with van der Waals surface area (Å²) >= 11 is 0. The number of rotatable bonds is 20. The van der Waals surface area contributed by atoms with Gasteiger partial charge in [-0.1, -0.05) is 58.0 Å². The van der Waals surface area contributed by atoms with Gasteiger partial charge < -0.3 is 36.7 Å². The van der Waals surface area contributed by atoms with Gasteiger partial charge in [0.05, 0.1) is 6.04 Å². The lowest BCUT2D eigenvalue weighted by atomic mass is 10.0. The van der Waals surface area contributed by atoms with Crippen LogP contribution in [0.15, 0.2) is 35.3 Å². The van der Waals surface area contributed by atoms with Crippen LogP contribution in [-0.2, 0) is 30.4 Å². The molecule has 0 heterocycles. The highest BCUT2D eigenvalue weighted by atomic mass is 16.2. The summed E-state index contributed by atoms with van der Waals surface area (Å²) in [5.41, 5.74) is 6.71. The Kier molecular flexibility index (Phi) is 26.5. The minimum atomic E-state index is -0.920. The van der Waals surface area contributed by atoms with E-state index in [1.807, 2.05) is 58.0 Å². The molecule has 0 saturated heterocycles. The number of benzene rings is 1. The van der Waals surface area contributed by atoms with E-state index in [-0.39, 0.29) is 49.2 Å². The van der Waals surface area contributed by atoms with E-state index in [1.54, 1.807) is 33.0 Å². The van der Waals surface area contributed by atoms with Crippen molar-refractivity contribution in [1.29, 1.82) is 0 Å². The predicted molar refractivity (Wildman–Crippen MR) is 186 cm³/mol. The Morgan fingerprint density at radius 3 is 1.96 bits per heavy atom. The summed E-state index contributed by atoms with van der Waals surface area (Å²) in [6, 6.07) is 7.33. The average Bonchev–Trinajstić information content (AvgIpc) is 3.04. The SMILES string of the molecule is CC.CC.CNC(CCCCNC(=O)C(Cc1ccccc1)NC(=O)C(CCCN=C(N)N(C)C)NC(=O)CCC(C)=O)C(C)=O. The average molecular weight is 648 g/mol. The van der Waals surface area contributed by atoms with Crippen molar-refractivity contribution in [2.45, 2.75) is 111 Å². The molecule has 0 saturated carbocycles. The Hall–Kier alpha value is -3.80. The molecule has 46 heavy (non-hydrogen) atoms. The highest BCUT2D eigenvalue weighted by Crippen LogP contribution is 2.07. The number of ketones is 2. The van der Waals surface area contributed by atoms with Gasteiger partial charge in [0.15, 0.2) is 5.96 Å². The summed E-state index contributed by atoms with van der Waals surface area (Å²) in [5, 5.41) is 11.4. The molecule has 3 atom stereocenters. The van der Waals surface area contributed by atoms with Crippen LogP contribution < -0.4 is 27.0 Å². The van der Waals surface area contributed by atoms with Gasteiger partial charge in [0.2, 0.25) is 17.7 Å². The predicted octanol–water partition coefficient (Wildman–Crippen LogP) is 2.74. The number of amides is 3. The molecule has 0 aliphatic carbocycles. The van der Waals surface area contributed by atoms with Crippen molar-refractivity contribution in [3.63, 3.8) is 0 Å². The molecule has 0 aliphatic rings. The second-order valence-corrected chi connectivity index (χ2v) is 10.6. The number of carbonyl (C=O) groups is 5. The van der Waals surface area contributed by atoms with E-state index >= 15 is 0 Å². The van der Waals surface area contributed by atoms with Gasteiger partial charge >= 0.3 is 0 Å². The van der Waals surface area contributed by atoms with Crippen LogP contribution in [0.2, 0.25) is 0 Å². The minimum absolute atomic E-state index is 0.0309. The first-order valence-corrected chi connectivity index (χ1v) is 16.5. The molecule has 0 fully saturated rings. The summed E-state index contributed by atoms with van der Waals surface area (Å²) in [6.45, 7) is 11.7. The summed E-state index contributed by atoms with van der Waals surface area (Å²) in [7, 11) is 5.29. The van der Waals surface area contributed by atoms with Crippen molar-refractivity contribution in [1.82, 2.24) is 26.2 Å². The fraction of sp³-hybridized carbons (Fsp3) is 0.647. The molecule has 12 nitrogen and oxygen atoms in total. The van der Waals surface area contributed by atoms with Crippen molar-refractivity contribution < 1.29 is 24.0 Å². The van der Waals surface area contributed by atoms with Gasteiger partial charge in [0, 0.05) is 46.4 Å². The Morgan fingerprint density at radius 2 is 1.41 bits per heavy atom. The first-order valence-electron chi connectivity index (χ1n) is 16.5. The fourth-order valence-electron chi connectivity index (χ4n) is 4.15. The summed E-state index contributed by atoms with van der Waals surface area (Å²) < 4.78 is 0.